The van der Waals surface area contributed by atoms with E-state index in [1.807, 2.05) is 0 Å². The number of hydrogen-bond acceptors (Lipinski definition) is 3. The predicted octanol–water partition coefficient (Wildman–Crippen LogP) is 0.0746. The second-order valence-electron chi connectivity index (χ2n) is 3.45. The number of carbonyl (C=O) groups excluding carboxylic acids is 2. The molecule has 0 saturated carbocycles. The lowest BCUT2D eigenvalue weighted by Gasteiger charge is -2.09. The van der Waals surface area contributed by atoms with Gasteiger partial charge in [0.25, 0.3) is 0 Å². The van der Waals surface area contributed by atoms with Gasteiger partial charge < -0.3 is 16.8 Å². The standard InChI is InChI=1S/C12H13N3O2/c1-2-3-10(13)12(17)15-9-6-4-8(5-7-9)11(14)16/h1,4-7,10H,3,13H2,(H2,14,16)(H,15,17). The quantitative estimate of drug-likeness (QED) is 0.640. The Kier molecular flexibility index (Phi) is 4.26. The molecule has 5 N–H and O–H groups in total. The first-order valence-electron chi connectivity index (χ1n) is 4.94. The van der Waals surface area contributed by atoms with Crippen molar-refractivity contribution in [3.63, 3.8) is 0 Å². The molecule has 0 aliphatic carbocycles. The number of nitrogens with two attached hydrogens (primary N) is 2. The van der Waals surface area contributed by atoms with Crippen molar-refractivity contribution in [3.05, 3.63) is 29.8 Å². The van der Waals surface area contributed by atoms with E-state index in [1.165, 1.54) is 12.1 Å². The first kappa shape index (κ1) is 12.7. The molecule has 0 spiro atoms. The van der Waals surface area contributed by atoms with Crippen molar-refractivity contribution in [1.82, 2.24) is 0 Å². The molecule has 0 heterocycles. The molecule has 0 aliphatic rings. The second-order valence-corrected chi connectivity index (χ2v) is 3.45. The molecule has 1 rings (SSSR count). The van der Waals surface area contributed by atoms with E-state index in [0.29, 0.717) is 11.3 Å². The van der Waals surface area contributed by atoms with Gasteiger partial charge in [-0.25, -0.2) is 0 Å². The van der Waals surface area contributed by atoms with Crippen molar-refractivity contribution in [3.8, 4) is 12.3 Å². The van der Waals surface area contributed by atoms with E-state index in [9.17, 15) is 9.59 Å². The number of benzene rings is 1. The number of anilines is 1. The Morgan fingerprint density at radius 1 is 1.35 bits per heavy atom. The maximum absolute atomic E-state index is 11.5. The van der Waals surface area contributed by atoms with Crippen LogP contribution in [0.5, 0.6) is 0 Å². The van der Waals surface area contributed by atoms with Gasteiger partial charge in [0.05, 0.1) is 6.04 Å². The van der Waals surface area contributed by atoms with Crippen LogP contribution in [0.4, 0.5) is 5.69 Å². The molecular formula is C12H13N3O2. The van der Waals surface area contributed by atoms with Crippen LogP contribution >= 0.6 is 0 Å². The fraction of sp³-hybridized carbons (Fsp3) is 0.167. The van der Waals surface area contributed by atoms with Gasteiger partial charge in [0, 0.05) is 17.7 Å². The second kappa shape index (κ2) is 5.68. The zero-order valence-electron chi connectivity index (χ0n) is 9.14. The largest absolute Gasteiger partial charge is 0.366 e. The van der Waals surface area contributed by atoms with E-state index in [4.69, 9.17) is 17.9 Å². The molecule has 0 fully saturated rings. The van der Waals surface area contributed by atoms with Gasteiger partial charge in [-0.2, -0.15) is 0 Å². The first-order chi connectivity index (χ1) is 8.04. The average Bonchev–Trinajstić information content (AvgIpc) is 2.30. The van der Waals surface area contributed by atoms with Crippen LogP contribution in [-0.4, -0.2) is 17.9 Å². The number of hydrogen-bond donors (Lipinski definition) is 3. The summed E-state index contributed by atoms with van der Waals surface area (Å²) >= 11 is 0. The summed E-state index contributed by atoms with van der Waals surface area (Å²) in [6.07, 6.45) is 5.22. The fourth-order valence-electron chi connectivity index (χ4n) is 1.17. The minimum Gasteiger partial charge on any atom is -0.366 e. The minimum atomic E-state index is -0.740. The molecule has 2 amide bonds. The molecule has 1 unspecified atom stereocenters. The third-order valence-corrected chi connectivity index (χ3v) is 2.11. The highest BCUT2D eigenvalue weighted by molar-refractivity contribution is 5.96. The molecule has 5 nitrogen and oxygen atoms in total. The van der Waals surface area contributed by atoms with E-state index in [1.54, 1.807) is 12.1 Å². The maximum Gasteiger partial charge on any atom is 0.248 e. The lowest BCUT2D eigenvalue weighted by atomic mass is 10.2. The van der Waals surface area contributed by atoms with Crippen LogP contribution in [0.25, 0.3) is 0 Å². The predicted molar refractivity (Wildman–Crippen MR) is 65.0 cm³/mol. The van der Waals surface area contributed by atoms with Crippen molar-refractivity contribution < 1.29 is 9.59 Å². The Labute approximate surface area is 99.2 Å². The zero-order valence-corrected chi connectivity index (χ0v) is 9.14. The summed E-state index contributed by atoms with van der Waals surface area (Å²) in [5, 5.41) is 2.58. The topological polar surface area (TPSA) is 98.2 Å². The van der Waals surface area contributed by atoms with Gasteiger partial charge in [0.15, 0.2) is 0 Å². The minimum absolute atomic E-state index is 0.172. The Balaban J connectivity index is 2.67. The first-order valence-corrected chi connectivity index (χ1v) is 4.94. The third-order valence-electron chi connectivity index (χ3n) is 2.11. The smallest absolute Gasteiger partial charge is 0.248 e. The third kappa shape index (κ3) is 3.63. The van der Waals surface area contributed by atoms with Crippen LogP contribution in [0, 0.1) is 12.3 Å². The SMILES string of the molecule is C#CCC(N)C(=O)Nc1ccc(C(N)=O)cc1. The number of amides is 2. The summed E-state index contributed by atoms with van der Waals surface area (Å²) in [6, 6.07) is 5.44. The van der Waals surface area contributed by atoms with Crippen LogP contribution in [0.2, 0.25) is 0 Å². The molecule has 1 aromatic rings. The molecule has 1 aromatic carbocycles. The van der Waals surface area contributed by atoms with Gasteiger partial charge in [-0.05, 0) is 24.3 Å². The summed E-state index contributed by atoms with van der Waals surface area (Å²) < 4.78 is 0. The lowest BCUT2D eigenvalue weighted by Crippen LogP contribution is -2.35. The van der Waals surface area contributed by atoms with Gasteiger partial charge >= 0.3 is 0 Å². The highest BCUT2D eigenvalue weighted by atomic mass is 16.2. The maximum atomic E-state index is 11.5. The fourth-order valence-corrected chi connectivity index (χ4v) is 1.17. The molecule has 0 aliphatic heterocycles. The van der Waals surface area contributed by atoms with Crippen LogP contribution in [0.1, 0.15) is 16.8 Å². The van der Waals surface area contributed by atoms with E-state index in [2.05, 4.69) is 11.2 Å². The van der Waals surface area contributed by atoms with Crippen LogP contribution in [0.15, 0.2) is 24.3 Å². The lowest BCUT2D eigenvalue weighted by molar-refractivity contribution is -0.117. The number of terminal acetylenes is 1. The Hall–Kier alpha value is -2.32. The number of rotatable bonds is 4. The number of nitrogens with one attached hydrogen (secondary N) is 1. The zero-order chi connectivity index (χ0) is 12.8. The summed E-state index contributed by atoms with van der Waals surface area (Å²) in [7, 11) is 0. The van der Waals surface area contributed by atoms with Gasteiger partial charge in [0.1, 0.15) is 0 Å². The van der Waals surface area contributed by atoms with E-state index >= 15 is 0 Å². The van der Waals surface area contributed by atoms with E-state index in [0.717, 1.165) is 0 Å². The molecule has 88 valence electrons. The molecule has 0 bridgehead atoms. The summed E-state index contributed by atoms with van der Waals surface area (Å²) in [6.45, 7) is 0. The van der Waals surface area contributed by atoms with Crippen molar-refractivity contribution in [2.24, 2.45) is 11.5 Å². The van der Waals surface area contributed by atoms with Gasteiger partial charge in [0.2, 0.25) is 11.8 Å². The molecule has 0 aromatic heterocycles. The molecular weight excluding hydrogens is 218 g/mol. The molecule has 5 heteroatoms. The van der Waals surface area contributed by atoms with Gasteiger partial charge in [-0.15, -0.1) is 12.3 Å². The number of primary amides is 1. The monoisotopic (exact) mass is 231 g/mol. The van der Waals surface area contributed by atoms with E-state index in [-0.39, 0.29) is 12.3 Å². The van der Waals surface area contributed by atoms with Gasteiger partial charge in [-0.1, -0.05) is 0 Å². The summed E-state index contributed by atoms with van der Waals surface area (Å²) in [5.74, 6) is 1.42. The highest BCUT2D eigenvalue weighted by Gasteiger charge is 2.12. The normalized spacial score (nSPS) is 11.3. The van der Waals surface area contributed by atoms with Crippen molar-refractivity contribution >= 4 is 17.5 Å². The average molecular weight is 231 g/mol. The molecule has 0 saturated heterocycles. The van der Waals surface area contributed by atoms with E-state index < -0.39 is 11.9 Å². The van der Waals surface area contributed by atoms with Crippen molar-refractivity contribution in [2.75, 3.05) is 5.32 Å². The Morgan fingerprint density at radius 3 is 2.41 bits per heavy atom. The Morgan fingerprint density at radius 2 is 1.94 bits per heavy atom. The molecule has 1 atom stereocenters. The Bertz CT molecular complexity index is 460. The molecule has 0 radical (unpaired) electrons. The van der Waals surface area contributed by atoms with Crippen LogP contribution in [-0.2, 0) is 4.79 Å². The molecule has 17 heavy (non-hydrogen) atoms. The summed E-state index contributed by atoms with van der Waals surface area (Å²) in [5.41, 5.74) is 11.5. The van der Waals surface area contributed by atoms with Crippen molar-refractivity contribution in [1.29, 1.82) is 0 Å². The summed E-state index contributed by atoms with van der Waals surface area (Å²) in [4.78, 5) is 22.3. The van der Waals surface area contributed by atoms with Crippen LogP contribution < -0.4 is 16.8 Å². The highest BCUT2D eigenvalue weighted by Crippen LogP contribution is 2.09. The number of carbonyl (C=O) groups is 2. The van der Waals surface area contributed by atoms with Crippen molar-refractivity contribution in [2.45, 2.75) is 12.5 Å². The van der Waals surface area contributed by atoms with Crippen LogP contribution in [0.3, 0.4) is 0 Å². The van der Waals surface area contributed by atoms with Gasteiger partial charge in [-0.3, -0.25) is 9.59 Å².